The molecule has 0 radical (unpaired) electrons. The van der Waals surface area contributed by atoms with Crippen LogP contribution in [0.25, 0.3) is 0 Å². The molecule has 3 heteroatoms. The number of hydrogen-bond donors (Lipinski definition) is 1. The molecule has 0 atom stereocenters. The summed E-state index contributed by atoms with van der Waals surface area (Å²) in [6, 6.07) is 6.09. The number of benzene rings is 1. The van der Waals surface area contributed by atoms with E-state index in [1.807, 2.05) is 12.1 Å². The van der Waals surface area contributed by atoms with Crippen molar-refractivity contribution in [2.24, 2.45) is 11.7 Å². The Kier molecular flexibility index (Phi) is 3.80. The first kappa shape index (κ1) is 11.4. The maximum absolute atomic E-state index is 5.76. The van der Waals surface area contributed by atoms with Crippen molar-refractivity contribution in [3.8, 4) is 5.75 Å². The van der Waals surface area contributed by atoms with Crippen LogP contribution in [0.2, 0.25) is 0 Å². The number of ether oxygens (including phenoxy) is 2. The van der Waals surface area contributed by atoms with Gasteiger partial charge >= 0.3 is 0 Å². The first-order valence-electron chi connectivity index (χ1n) is 5.77. The van der Waals surface area contributed by atoms with Crippen LogP contribution >= 0.6 is 0 Å². The van der Waals surface area contributed by atoms with Crippen molar-refractivity contribution in [3.05, 3.63) is 29.3 Å². The Morgan fingerprint density at radius 2 is 2.19 bits per heavy atom. The summed E-state index contributed by atoms with van der Waals surface area (Å²) in [5, 5.41) is 0. The van der Waals surface area contributed by atoms with Crippen molar-refractivity contribution in [3.63, 3.8) is 0 Å². The highest BCUT2D eigenvalue weighted by Crippen LogP contribution is 2.30. The Balaban J connectivity index is 2.03. The van der Waals surface area contributed by atoms with Crippen molar-refractivity contribution < 1.29 is 9.47 Å². The van der Waals surface area contributed by atoms with Crippen molar-refractivity contribution in [1.82, 2.24) is 0 Å². The molecule has 2 N–H and O–H groups in total. The second-order valence-corrected chi connectivity index (χ2v) is 4.33. The average Bonchev–Trinajstić information content (AvgIpc) is 3.11. The molecule has 0 aliphatic heterocycles. The van der Waals surface area contributed by atoms with Crippen LogP contribution in [0.4, 0.5) is 0 Å². The van der Waals surface area contributed by atoms with E-state index in [9.17, 15) is 0 Å². The van der Waals surface area contributed by atoms with Gasteiger partial charge in [0.2, 0.25) is 0 Å². The molecule has 1 saturated carbocycles. The third-order valence-electron chi connectivity index (χ3n) is 2.83. The highest BCUT2D eigenvalue weighted by Gasteiger charge is 2.22. The lowest BCUT2D eigenvalue weighted by Crippen LogP contribution is -2.05. The molecular formula is C13H19NO2. The Morgan fingerprint density at radius 3 is 2.81 bits per heavy atom. The van der Waals surface area contributed by atoms with E-state index in [1.165, 1.54) is 12.8 Å². The maximum atomic E-state index is 5.76. The van der Waals surface area contributed by atoms with E-state index in [4.69, 9.17) is 15.2 Å². The van der Waals surface area contributed by atoms with Crippen LogP contribution in [-0.4, -0.2) is 13.7 Å². The summed E-state index contributed by atoms with van der Waals surface area (Å²) in [7, 11) is 1.69. The first-order valence-corrected chi connectivity index (χ1v) is 5.77. The van der Waals surface area contributed by atoms with Crippen LogP contribution in [0, 0.1) is 5.92 Å². The van der Waals surface area contributed by atoms with Crippen LogP contribution in [0.1, 0.15) is 24.0 Å². The monoisotopic (exact) mass is 221 g/mol. The van der Waals surface area contributed by atoms with E-state index < -0.39 is 0 Å². The number of hydrogen-bond acceptors (Lipinski definition) is 3. The number of methoxy groups -OCH3 is 1. The standard InChI is InChI=1S/C13H19NO2/c1-15-8-11-4-5-13(12(6-11)7-14)16-9-10-2-3-10/h4-6,10H,2-3,7-9,14H2,1H3. The Morgan fingerprint density at radius 1 is 1.38 bits per heavy atom. The summed E-state index contributed by atoms with van der Waals surface area (Å²) in [5.41, 5.74) is 7.92. The van der Waals surface area contributed by atoms with Gasteiger partial charge in [-0.1, -0.05) is 6.07 Å². The van der Waals surface area contributed by atoms with Crippen molar-refractivity contribution in [2.45, 2.75) is 26.0 Å². The molecule has 0 heterocycles. The minimum Gasteiger partial charge on any atom is -0.493 e. The quantitative estimate of drug-likeness (QED) is 0.800. The second kappa shape index (κ2) is 5.32. The van der Waals surface area contributed by atoms with E-state index in [-0.39, 0.29) is 0 Å². The molecule has 1 aromatic carbocycles. The maximum Gasteiger partial charge on any atom is 0.123 e. The zero-order valence-corrected chi connectivity index (χ0v) is 9.74. The lowest BCUT2D eigenvalue weighted by molar-refractivity contribution is 0.184. The molecule has 1 aromatic rings. The summed E-state index contributed by atoms with van der Waals surface area (Å²) in [6.45, 7) is 1.96. The van der Waals surface area contributed by atoms with Gasteiger partial charge in [0, 0.05) is 19.2 Å². The Bertz CT molecular complexity index is 348. The molecule has 0 unspecified atom stereocenters. The number of nitrogens with two attached hydrogens (primary N) is 1. The zero-order chi connectivity index (χ0) is 11.4. The summed E-state index contributed by atoms with van der Waals surface area (Å²) < 4.78 is 10.9. The topological polar surface area (TPSA) is 44.5 Å². The van der Waals surface area contributed by atoms with Crippen LogP contribution in [0.5, 0.6) is 5.75 Å². The van der Waals surface area contributed by atoms with Gasteiger partial charge in [-0.15, -0.1) is 0 Å². The number of rotatable bonds is 6. The van der Waals surface area contributed by atoms with Gasteiger partial charge in [-0.2, -0.15) is 0 Å². The largest absolute Gasteiger partial charge is 0.493 e. The summed E-state index contributed by atoms with van der Waals surface area (Å²) in [6.07, 6.45) is 2.61. The van der Waals surface area contributed by atoms with Gasteiger partial charge in [0.15, 0.2) is 0 Å². The minimum absolute atomic E-state index is 0.511. The Hall–Kier alpha value is -1.06. The average molecular weight is 221 g/mol. The fraction of sp³-hybridized carbons (Fsp3) is 0.538. The fourth-order valence-corrected chi connectivity index (χ4v) is 1.68. The van der Waals surface area contributed by atoms with Crippen LogP contribution < -0.4 is 10.5 Å². The predicted octanol–water partition coefficient (Wildman–Crippen LogP) is 2.08. The van der Waals surface area contributed by atoms with Crippen molar-refractivity contribution in [1.29, 1.82) is 0 Å². The molecule has 16 heavy (non-hydrogen) atoms. The van der Waals surface area contributed by atoms with Crippen molar-refractivity contribution in [2.75, 3.05) is 13.7 Å². The minimum atomic E-state index is 0.511. The van der Waals surface area contributed by atoms with Crippen LogP contribution in [0.15, 0.2) is 18.2 Å². The fourth-order valence-electron chi connectivity index (χ4n) is 1.68. The molecule has 88 valence electrons. The molecule has 0 aromatic heterocycles. The summed E-state index contributed by atoms with van der Waals surface area (Å²) in [4.78, 5) is 0. The highest BCUT2D eigenvalue weighted by molar-refractivity contribution is 5.37. The lowest BCUT2D eigenvalue weighted by Gasteiger charge is -2.11. The first-order chi connectivity index (χ1) is 7.83. The molecule has 0 amide bonds. The lowest BCUT2D eigenvalue weighted by atomic mass is 10.1. The van der Waals surface area contributed by atoms with Gasteiger partial charge in [-0.3, -0.25) is 0 Å². The molecule has 1 fully saturated rings. The van der Waals surface area contributed by atoms with E-state index in [1.54, 1.807) is 7.11 Å². The molecule has 0 saturated heterocycles. The van der Waals surface area contributed by atoms with Gasteiger partial charge < -0.3 is 15.2 Å². The zero-order valence-electron chi connectivity index (χ0n) is 9.74. The molecule has 2 rings (SSSR count). The van der Waals surface area contributed by atoms with Crippen LogP contribution in [0.3, 0.4) is 0 Å². The van der Waals surface area contributed by atoms with Gasteiger partial charge in [-0.05, 0) is 36.5 Å². The molecule has 1 aliphatic carbocycles. The third-order valence-corrected chi connectivity index (χ3v) is 2.83. The van der Waals surface area contributed by atoms with Gasteiger partial charge in [0.25, 0.3) is 0 Å². The highest BCUT2D eigenvalue weighted by atomic mass is 16.5. The molecule has 0 spiro atoms. The van der Waals surface area contributed by atoms with Gasteiger partial charge in [-0.25, -0.2) is 0 Å². The summed E-state index contributed by atoms with van der Waals surface area (Å²) >= 11 is 0. The van der Waals surface area contributed by atoms with E-state index in [0.29, 0.717) is 13.2 Å². The molecular weight excluding hydrogens is 202 g/mol. The summed E-state index contributed by atoms with van der Waals surface area (Å²) in [5.74, 6) is 1.69. The van der Waals surface area contributed by atoms with Crippen molar-refractivity contribution >= 4 is 0 Å². The van der Waals surface area contributed by atoms with E-state index in [0.717, 1.165) is 29.4 Å². The van der Waals surface area contributed by atoms with E-state index in [2.05, 4.69) is 6.07 Å². The molecule has 1 aliphatic rings. The second-order valence-electron chi connectivity index (χ2n) is 4.33. The van der Waals surface area contributed by atoms with Crippen LogP contribution in [-0.2, 0) is 17.9 Å². The normalized spacial score (nSPS) is 15.1. The van der Waals surface area contributed by atoms with Gasteiger partial charge in [0.05, 0.1) is 13.2 Å². The SMILES string of the molecule is COCc1ccc(OCC2CC2)c(CN)c1. The Labute approximate surface area is 96.5 Å². The predicted molar refractivity (Wildman–Crippen MR) is 63.3 cm³/mol. The third kappa shape index (κ3) is 2.97. The van der Waals surface area contributed by atoms with E-state index >= 15 is 0 Å². The molecule has 3 nitrogen and oxygen atoms in total. The van der Waals surface area contributed by atoms with Gasteiger partial charge in [0.1, 0.15) is 5.75 Å². The molecule has 0 bridgehead atoms. The smallest absolute Gasteiger partial charge is 0.123 e.